The van der Waals surface area contributed by atoms with E-state index in [9.17, 15) is 14.4 Å². The first-order chi connectivity index (χ1) is 12.8. The molecule has 0 aromatic carbocycles. The summed E-state index contributed by atoms with van der Waals surface area (Å²) in [5.41, 5.74) is 1.57. The third-order valence-electron chi connectivity index (χ3n) is 5.19. The molecule has 8 nitrogen and oxygen atoms in total. The minimum Gasteiger partial charge on any atom is -0.371 e. The van der Waals surface area contributed by atoms with Gasteiger partial charge < -0.3 is 15.0 Å². The number of hydroxylamine groups is 1. The number of amides is 3. The lowest BCUT2D eigenvalue weighted by molar-refractivity contribution is -0.149. The number of nitrogens with one attached hydrogen (secondary N) is 2. The maximum atomic E-state index is 12.9. The van der Waals surface area contributed by atoms with Crippen LogP contribution in [0.2, 0.25) is 0 Å². The molecule has 0 radical (unpaired) electrons. The molecule has 1 aliphatic rings. The van der Waals surface area contributed by atoms with E-state index in [1.807, 2.05) is 13.8 Å². The molecular formula is C19H35N3O5. The zero-order valence-corrected chi connectivity index (χ0v) is 17.0. The van der Waals surface area contributed by atoms with Gasteiger partial charge in [0, 0.05) is 20.7 Å². The minimum atomic E-state index is -1.11. The van der Waals surface area contributed by atoms with Gasteiger partial charge in [-0.1, -0.05) is 46.0 Å². The van der Waals surface area contributed by atoms with Crippen molar-refractivity contribution < 1.29 is 24.3 Å². The summed E-state index contributed by atoms with van der Waals surface area (Å²) in [6.45, 7) is 4.42. The highest BCUT2D eigenvalue weighted by molar-refractivity contribution is 5.92. The monoisotopic (exact) mass is 385 g/mol. The van der Waals surface area contributed by atoms with E-state index in [0.29, 0.717) is 13.0 Å². The van der Waals surface area contributed by atoms with E-state index < -0.39 is 29.9 Å². The number of carbonyl (C=O) groups excluding carboxylic acids is 3. The summed E-state index contributed by atoms with van der Waals surface area (Å²) in [6.07, 6.45) is 5.22. The van der Waals surface area contributed by atoms with Crippen molar-refractivity contribution in [3.05, 3.63) is 0 Å². The highest BCUT2D eigenvalue weighted by Crippen LogP contribution is 2.20. The van der Waals surface area contributed by atoms with Crippen molar-refractivity contribution in [2.45, 2.75) is 70.9 Å². The van der Waals surface area contributed by atoms with Crippen LogP contribution in [0.5, 0.6) is 0 Å². The van der Waals surface area contributed by atoms with E-state index in [2.05, 4.69) is 5.32 Å². The molecule has 8 heteroatoms. The molecule has 1 heterocycles. The van der Waals surface area contributed by atoms with Gasteiger partial charge in [0.15, 0.2) is 0 Å². The van der Waals surface area contributed by atoms with Gasteiger partial charge in [0.1, 0.15) is 12.1 Å². The normalized spacial score (nSPS) is 24.9. The largest absolute Gasteiger partial charge is 0.371 e. The molecule has 3 N–H and O–H groups in total. The fourth-order valence-electron chi connectivity index (χ4n) is 3.48. The van der Waals surface area contributed by atoms with Crippen LogP contribution in [0.1, 0.15) is 58.8 Å². The highest BCUT2D eigenvalue weighted by atomic mass is 16.5. The third-order valence-corrected chi connectivity index (χ3v) is 5.19. The Kier molecular flexibility index (Phi) is 10.3. The summed E-state index contributed by atoms with van der Waals surface area (Å²) >= 11 is 0. The molecule has 27 heavy (non-hydrogen) atoms. The Hall–Kier alpha value is -1.67. The molecule has 3 amide bonds. The van der Waals surface area contributed by atoms with Crippen LogP contribution in [-0.4, -0.2) is 60.7 Å². The predicted octanol–water partition coefficient (Wildman–Crippen LogP) is 1.47. The number of ether oxygens (including phenoxy) is 1. The maximum Gasteiger partial charge on any atom is 0.273 e. The van der Waals surface area contributed by atoms with Crippen LogP contribution in [0.4, 0.5) is 0 Å². The van der Waals surface area contributed by atoms with Gasteiger partial charge in [0.2, 0.25) is 11.8 Å². The number of likely N-dealkylation sites (N-methyl/N-ethyl adjacent to an activating group) is 1. The van der Waals surface area contributed by atoms with E-state index in [1.165, 1.54) is 7.11 Å². The van der Waals surface area contributed by atoms with Crippen LogP contribution in [0.25, 0.3) is 0 Å². The van der Waals surface area contributed by atoms with Crippen molar-refractivity contribution in [2.75, 3.05) is 20.7 Å². The number of carbonyl (C=O) groups is 3. The van der Waals surface area contributed by atoms with E-state index >= 15 is 0 Å². The van der Waals surface area contributed by atoms with Crippen LogP contribution in [0, 0.1) is 11.8 Å². The number of nitrogens with zero attached hydrogens (tertiary/aromatic N) is 1. The first-order valence-electron chi connectivity index (χ1n) is 9.85. The van der Waals surface area contributed by atoms with Crippen LogP contribution in [0.15, 0.2) is 0 Å². The molecule has 0 bridgehead atoms. The standard InChI is InChI=1S/C19H35N3O5/c1-13(2)15-19(25)22(3)12-10-8-6-5-7-9-11-14(17(23)20-15)16(27-4)18(24)21-26/h13-16,26H,5-12H2,1-4H3,(H,20,23)(H,21,24). The molecule has 0 aromatic rings. The van der Waals surface area contributed by atoms with Crippen LogP contribution < -0.4 is 10.8 Å². The minimum absolute atomic E-state index is 0.0925. The van der Waals surface area contributed by atoms with Gasteiger partial charge in [-0.2, -0.15) is 0 Å². The Morgan fingerprint density at radius 2 is 1.78 bits per heavy atom. The lowest BCUT2D eigenvalue weighted by atomic mass is 9.91. The van der Waals surface area contributed by atoms with Crippen LogP contribution in [-0.2, 0) is 19.1 Å². The van der Waals surface area contributed by atoms with Crippen molar-refractivity contribution >= 4 is 17.7 Å². The fraction of sp³-hybridized carbons (Fsp3) is 0.842. The summed E-state index contributed by atoms with van der Waals surface area (Å²) in [4.78, 5) is 39.4. The SMILES string of the molecule is COC(C(=O)NO)C1CCCCCCCCN(C)C(=O)C(C(C)C)NC1=O. The zero-order valence-electron chi connectivity index (χ0n) is 17.0. The Morgan fingerprint density at radius 3 is 2.33 bits per heavy atom. The fourth-order valence-corrected chi connectivity index (χ4v) is 3.48. The second kappa shape index (κ2) is 11.9. The third kappa shape index (κ3) is 7.10. The summed E-state index contributed by atoms with van der Waals surface area (Å²) in [5.74, 6) is -2.16. The van der Waals surface area contributed by atoms with E-state index in [4.69, 9.17) is 9.94 Å². The van der Waals surface area contributed by atoms with Crippen molar-refractivity contribution in [1.82, 2.24) is 15.7 Å². The predicted molar refractivity (Wildman–Crippen MR) is 101 cm³/mol. The van der Waals surface area contributed by atoms with Crippen molar-refractivity contribution in [2.24, 2.45) is 11.8 Å². The Labute approximate surface area is 162 Å². The van der Waals surface area contributed by atoms with Crippen LogP contribution in [0.3, 0.4) is 0 Å². The second-order valence-electron chi connectivity index (χ2n) is 7.64. The van der Waals surface area contributed by atoms with Gasteiger partial charge in [0.05, 0.1) is 5.92 Å². The molecule has 0 aliphatic carbocycles. The smallest absolute Gasteiger partial charge is 0.273 e. The Morgan fingerprint density at radius 1 is 1.19 bits per heavy atom. The van der Waals surface area contributed by atoms with Gasteiger partial charge in [0.25, 0.3) is 5.91 Å². The van der Waals surface area contributed by atoms with Gasteiger partial charge in [-0.15, -0.1) is 0 Å². The maximum absolute atomic E-state index is 12.9. The Balaban J connectivity index is 3.07. The average molecular weight is 386 g/mol. The molecule has 0 saturated carbocycles. The summed E-state index contributed by atoms with van der Waals surface area (Å²) in [6, 6.07) is -0.664. The number of hydrogen-bond acceptors (Lipinski definition) is 5. The Bertz CT molecular complexity index is 498. The summed E-state index contributed by atoms with van der Waals surface area (Å²) in [7, 11) is 3.09. The molecular weight excluding hydrogens is 350 g/mol. The topological polar surface area (TPSA) is 108 Å². The molecule has 1 fully saturated rings. The van der Waals surface area contributed by atoms with Gasteiger partial charge in [-0.25, -0.2) is 5.48 Å². The zero-order chi connectivity index (χ0) is 20.4. The molecule has 0 spiro atoms. The molecule has 3 unspecified atom stereocenters. The molecule has 3 atom stereocenters. The summed E-state index contributed by atoms with van der Waals surface area (Å²) in [5, 5.41) is 11.8. The number of methoxy groups -OCH3 is 1. The van der Waals surface area contributed by atoms with E-state index in [0.717, 1.165) is 38.5 Å². The average Bonchev–Trinajstić information content (AvgIpc) is 2.64. The van der Waals surface area contributed by atoms with Crippen LogP contribution >= 0.6 is 0 Å². The first-order valence-corrected chi connectivity index (χ1v) is 9.85. The molecule has 1 saturated heterocycles. The van der Waals surface area contributed by atoms with Gasteiger partial charge >= 0.3 is 0 Å². The molecule has 0 aromatic heterocycles. The highest BCUT2D eigenvalue weighted by Gasteiger charge is 2.36. The number of hydrogen-bond donors (Lipinski definition) is 3. The van der Waals surface area contributed by atoms with E-state index in [-0.39, 0.29) is 11.8 Å². The summed E-state index contributed by atoms with van der Waals surface area (Å²) < 4.78 is 5.20. The first kappa shape index (κ1) is 23.4. The van der Waals surface area contributed by atoms with Gasteiger partial charge in [-0.05, 0) is 18.8 Å². The quantitative estimate of drug-likeness (QED) is 0.502. The van der Waals surface area contributed by atoms with Gasteiger partial charge in [-0.3, -0.25) is 19.6 Å². The lowest BCUT2D eigenvalue weighted by Crippen LogP contribution is -2.54. The molecule has 1 aliphatic heterocycles. The number of rotatable bonds is 4. The van der Waals surface area contributed by atoms with Crippen molar-refractivity contribution in [3.8, 4) is 0 Å². The van der Waals surface area contributed by atoms with Crippen molar-refractivity contribution in [3.63, 3.8) is 0 Å². The molecule has 1 rings (SSSR count). The second-order valence-corrected chi connectivity index (χ2v) is 7.64. The lowest BCUT2D eigenvalue weighted by Gasteiger charge is -2.30. The molecule has 156 valence electrons. The van der Waals surface area contributed by atoms with Crippen molar-refractivity contribution in [1.29, 1.82) is 0 Å². The van der Waals surface area contributed by atoms with E-state index in [1.54, 1.807) is 17.4 Å².